The Balaban J connectivity index is 0.000000240. The van der Waals surface area contributed by atoms with Crippen molar-refractivity contribution in [3.05, 3.63) is 28.2 Å². The molecule has 1 aromatic heterocycles. The summed E-state index contributed by atoms with van der Waals surface area (Å²) >= 11 is 1.65. The van der Waals surface area contributed by atoms with Gasteiger partial charge in [0.05, 0.1) is 6.04 Å². The lowest BCUT2D eigenvalue weighted by Crippen LogP contribution is -2.20. The molecule has 1 amide bonds. The first kappa shape index (κ1) is 16.8. The van der Waals surface area contributed by atoms with Crippen LogP contribution in [0.5, 0.6) is 0 Å². The molecule has 0 aliphatic carbocycles. The van der Waals surface area contributed by atoms with Gasteiger partial charge in [0.2, 0.25) is 6.41 Å². The second-order valence-corrected chi connectivity index (χ2v) is 5.23. The predicted molar refractivity (Wildman–Crippen MR) is 76.0 cm³/mol. The number of aliphatic carboxylic acids is 2. The highest BCUT2D eigenvalue weighted by Gasteiger charge is 2.26. The van der Waals surface area contributed by atoms with Crippen LogP contribution in [0.1, 0.15) is 29.6 Å². The summed E-state index contributed by atoms with van der Waals surface area (Å²) in [6.07, 6.45) is 4.22. The molecule has 2 rings (SSSR count). The van der Waals surface area contributed by atoms with Gasteiger partial charge in [0, 0.05) is 29.8 Å². The third-order valence-electron chi connectivity index (χ3n) is 2.72. The standard InChI is InChI=1S/C9H12N2OS.C4H4O4/c1-7-5-13-9(10-7)8-3-2-4-11(8)6-12;5-3(6)1-2-4(7)8/h5-6,8H,2-4H2,1H3;1-2H,(H,5,6)(H,7,8)/b;2-1+/t8-;/m1./s1. The van der Waals surface area contributed by atoms with Gasteiger partial charge in [0.25, 0.3) is 0 Å². The highest BCUT2D eigenvalue weighted by molar-refractivity contribution is 7.09. The molecule has 0 bridgehead atoms. The first-order valence-electron chi connectivity index (χ1n) is 6.21. The number of likely N-dealkylation sites (tertiary alicyclic amines) is 1. The number of carbonyl (C=O) groups excluding carboxylic acids is 1. The van der Waals surface area contributed by atoms with E-state index in [1.54, 1.807) is 11.3 Å². The van der Waals surface area contributed by atoms with Gasteiger partial charge in [-0.25, -0.2) is 14.6 Å². The molecule has 1 aliphatic heterocycles. The summed E-state index contributed by atoms with van der Waals surface area (Å²) in [5.74, 6) is -2.51. The largest absolute Gasteiger partial charge is 0.478 e. The van der Waals surface area contributed by atoms with Gasteiger partial charge in [-0.3, -0.25) is 4.79 Å². The van der Waals surface area contributed by atoms with Crippen molar-refractivity contribution in [1.29, 1.82) is 0 Å². The van der Waals surface area contributed by atoms with Crippen LogP contribution in [0.15, 0.2) is 17.5 Å². The number of rotatable bonds is 4. The zero-order chi connectivity index (χ0) is 15.8. The Kier molecular flexibility index (Phi) is 6.54. The van der Waals surface area contributed by atoms with E-state index < -0.39 is 11.9 Å². The van der Waals surface area contributed by atoms with Gasteiger partial charge < -0.3 is 15.1 Å². The fraction of sp³-hybridized carbons (Fsp3) is 0.385. The normalized spacial score (nSPS) is 17.4. The second-order valence-electron chi connectivity index (χ2n) is 4.34. The molecule has 0 spiro atoms. The van der Waals surface area contributed by atoms with Crippen molar-refractivity contribution < 1.29 is 24.6 Å². The van der Waals surface area contributed by atoms with Crippen molar-refractivity contribution in [3.63, 3.8) is 0 Å². The monoisotopic (exact) mass is 312 g/mol. The molecule has 2 N–H and O–H groups in total. The Hall–Kier alpha value is -2.22. The average Bonchev–Trinajstić information content (AvgIpc) is 3.04. The molecular weight excluding hydrogens is 296 g/mol. The van der Waals surface area contributed by atoms with Gasteiger partial charge in [-0.05, 0) is 19.8 Å². The molecule has 0 radical (unpaired) electrons. The van der Waals surface area contributed by atoms with E-state index in [0.29, 0.717) is 12.2 Å². The van der Waals surface area contributed by atoms with Gasteiger partial charge in [0.1, 0.15) is 5.01 Å². The average molecular weight is 312 g/mol. The lowest BCUT2D eigenvalue weighted by molar-refractivity contribution is -0.134. The minimum Gasteiger partial charge on any atom is -0.478 e. The zero-order valence-corrected chi connectivity index (χ0v) is 12.2. The van der Waals surface area contributed by atoms with Gasteiger partial charge in [0.15, 0.2) is 0 Å². The third kappa shape index (κ3) is 5.74. The fourth-order valence-electron chi connectivity index (χ4n) is 1.85. The van der Waals surface area contributed by atoms with Crippen LogP contribution in [0, 0.1) is 6.92 Å². The van der Waals surface area contributed by atoms with Crippen molar-refractivity contribution >= 4 is 29.7 Å². The summed E-state index contributed by atoms with van der Waals surface area (Å²) in [6.45, 7) is 2.87. The Morgan fingerprint density at radius 1 is 1.38 bits per heavy atom. The van der Waals surface area contributed by atoms with E-state index in [4.69, 9.17) is 10.2 Å². The molecule has 7 nitrogen and oxygen atoms in total. The van der Waals surface area contributed by atoms with Crippen molar-refractivity contribution in [2.45, 2.75) is 25.8 Å². The number of nitrogens with zero attached hydrogens (tertiary/aromatic N) is 2. The number of carboxylic acids is 2. The van der Waals surface area contributed by atoms with Crippen LogP contribution < -0.4 is 0 Å². The molecule has 21 heavy (non-hydrogen) atoms. The summed E-state index contributed by atoms with van der Waals surface area (Å²) in [4.78, 5) is 36.1. The van der Waals surface area contributed by atoms with Gasteiger partial charge in [-0.2, -0.15) is 0 Å². The lowest BCUT2D eigenvalue weighted by Gasteiger charge is -2.16. The topological polar surface area (TPSA) is 108 Å². The number of aromatic nitrogens is 1. The van der Waals surface area contributed by atoms with Crippen LogP contribution in [-0.4, -0.2) is 45.0 Å². The van der Waals surface area contributed by atoms with Gasteiger partial charge >= 0.3 is 11.9 Å². The number of aryl methyl sites for hydroxylation is 1. The Morgan fingerprint density at radius 2 is 2.00 bits per heavy atom. The van der Waals surface area contributed by atoms with Crippen LogP contribution in [-0.2, 0) is 14.4 Å². The molecule has 0 aromatic carbocycles. The number of carboxylic acid groups (broad SMARTS) is 2. The summed E-state index contributed by atoms with van der Waals surface area (Å²) in [5, 5.41) is 18.7. The van der Waals surface area contributed by atoms with Crippen LogP contribution in [0.4, 0.5) is 0 Å². The van der Waals surface area contributed by atoms with Gasteiger partial charge in [-0.1, -0.05) is 0 Å². The smallest absolute Gasteiger partial charge is 0.328 e. The summed E-state index contributed by atoms with van der Waals surface area (Å²) in [5.41, 5.74) is 1.05. The molecule has 0 unspecified atom stereocenters. The molecule has 8 heteroatoms. The number of carbonyl (C=O) groups is 3. The van der Waals surface area contributed by atoms with Crippen molar-refractivity contribution in [2.75, 3.05) is 6.54 Å². The van der Waals surface area contributed by atoms with Crippen LogP contribution in [0.3, 0.4) is 0 Å². The number of hydrogen-bond acceptors (Lipinski definition) is 5. The maximum absolute atomic E-state index is 10.7. The van der Waals surface area contributed by atoms with E-state index in [0.717, 1.165) is 36.5 Å². The minimum absolute atomic E-state index is 0.246. The number of hydrogen-bond donors (Lipinski definition) is 2. The minimum atomic E-state index is -1.26. The lowest BCUT2D eigenvalue weighted by atomic mass is 10.2. The Morgan fingerprint density at radius 3 is 2.43 bits per heavy atom. The predicted octanol–water partition coefficient (Wildman–Crippen LogP) is 1.46. The Labute approximate surface area is 125 Å². The zero-order valence-electron chi connectivity index (χ0n) is 11.4. The Bertz CT molecular complexity index is 524. The first-order chi connectivity index (χ1) is 9.93. The molecular formula is C13H16N2O5S. The second kappa shape index (κ2) is 8.15. The molecule has 2 heterocycles. The maximum Gasteiger partial charge on any atom is 0.328 e. The summed E-state index contributed by atoms with van der Waals surface area (Å²) in [6, 6.07) is 0.246. The van der Waals surface area contributed by atoms with Crippen LogP contribution >= 0.6 is 11.3 Å². The van der Waals surface area contributed by atoms with E-state index in [1.807, 2.05) is 17.2 Å². The summed E-state index contributed by atoms with van der Waals surface area (Å²) in [7, 11) is 0. The summed E-state index contributed by atoms with van der Waals surface area (Å²) < 4.78 is 0. The third-order valence-corrected chi connectivity index (χ3v) is 3.78. The molecule has 1 fully saturated rings. The van der Waals surface area contributed by atoms with Crippen LogP contribution in [0.2, 0.25) is 0 Å². The highest BCUT2D eigenvalue weighted by Crippen LogP contribution is 2.32. The van der Waals surface area contributed by atoms with Crippen molar-refractivity contribution in [3.8, 4) is 0 Å². The molecule has 1 saturated heterocycles. The molecule has 0 saturated carbocycles. The maximum atomic E-state index is 10.7. The first-order valence-corrected chi connectivity index (χ1v) is 7.09. The number of amides is 1. The van der Waals surface area contributed by atoms with E-state index >= 15 is 0 Å². The molecule has 1 aliphatic rings. The van der Waals surface area contributed by atoms with E-state index in [1.165, 1.54) is 0 Å². The van der Waals surface area contributed by atoms with Gasteiger partial charge in [-0.15, -0.1) is 11.3 Å². The molecule has 1 atom stereocenters. The van der Waals surface area contributed by atoms with E-state index in [-0.39, 0.29) is 6.04 Å². The van der Waals surface area contributed by atoms with Crippen LogP contribution in [0.25, 0.3) is 0 Å². The highest BCUT2D eigenvalue weighted by atomic mass is 32.1. The van der Waals surface area contributed by atoms with Crippen molar-refractivity contribution in [2.24, 2.45) is 0 Å². The number of thiazole rings is 1. The molecule has 1 aromatic rings. The van der Waals surface area contributed by atoms with Crippen molar-refractivity contribution in [1.82, 2.24) is 9.88 Å². The fourth-order valence-corrected chi connectivity index (χ4v) is 2.80. The van der Waals surface area contributed by atoms with E-state index in [9.17, 15) is 14.4 Å². The quantitative estimate of drug-likeness (QED) is 0.643. The SMILES string of the molecule is Cc1csc([C@H]2CCCN2C=O)n1.O=C(O)/C=C/C(=O)O. The molecule has 114 valence electrons. The van der Waals surface area contributed by atoms with E-state index in [2.05, 4.69) is 4.98 Å².